The van der Waals surface area contributed by atoms with E-state index in [1.165, 1.54) is 0 Å². The number of benzene rings is 1. The fraction of sp³-hybridized carbons (Fsp3) is 0.214. The van der Waals surface area contributed by atoms with E-state index in [0.717, 1.165) is 11.1 Å². The van der Waals surface area contributed by atoms with Crippen molar-refractivity contribution in [1.29, 1.82) is 0 Å². The minimum absolute atomic E-state index is 0.242. The molecule has 1 heterocycles. The highest BCUT2D eigenvalue weighted by atomic mass is 32.2. The zero-order chi connectivity index (χ0) is 14.4. The van der Waals surface area contributed by atoms with Gasteiger partial charge in [0.25, 0.3) is 0 Å². The van der Waals surface area contributed by atoms with E-state index in [1.54, 1.807) is 36.7 Å². The van der Waals surface area contributed by atoms with Gasteiger partial charge in [0, 0.05) is 25.5 Å². The minimum Gasteiger partial charge on any atom is -0.326 e. The van der Waals surface area contributed by atoms with Crippen LogP contribution in [-0.4, -0.2) is 19.9 Å². The third kappa shape index (κ3) is 3.86. The topological polar surface area (TPSA) is 85.1 Å². The molecule has 0 saturated carbocycles. The summed E-state index contributed by atoms with van der Waals surface area (Å²) in [6.07, 6.45) is 4.01. The first kappa shape index (κ1) is 14.6. The number of hydrogen-bond acceptors (Lipinski definition) is 4. The van der Waals surface area contributed by atoms with Crippen LogP contribution < -0.4 is 10.5 Å². The molecule has 0 bridgehead atoms. The molecular weight excluding hydrogens is 274 g/mol. The molecule has 0 aliphatic rings. The normalized spacial score (nSPS) is 11.4. The lowest BCUT2D eigenvalue weighted by atomic mass is 10.2. The van der Waals surface area contributed by atoms with Gasteiger partial charge in [0.05, 0.1) is 4.90 Å². The van der Waals surface area contributed by atoms with Crippen molar-refractivity contribution in [2.75, 3.05) is 6.54 Å². The summed E-state index contributed by atoms with van der Waals surface area (Å²) < 4.78 is 26.8. The Hall–Kier alpha value is -1.76. The Morgan fingerprint density at radius 3 is 2.65 bits per heavy atom. The van der Waals surface area contributed by atoms with Crippen LogP contribution in [0.25, 0.3) is 0 Å². The van der Waals surface area contributed by atoms with E-state index in [9.17, 15) is 8.42 Å². The number of rotatable bonds is 6. The zero-order valence-corrected chi connectivity index (χ0v) is 11.8. The van der Waals surface area contributed by atoms with E-state index in [4.69, 9.17) is 5.73 Å². The summed E-state index contributed by atoms with van der Waals surface area (Å²) >= 11 is 0. The average molecular weight is 291 g/mol. The lowest BCUT2D eigenvalue weighted by Crippen LogP contribution is -2.26. The molecule has 0 radical (unpaired) electrons. The maximum Gasteiger partial charge on any atom is 0.240 e. The summed E-state index contributed by atoms with van der Waals surface area (Å²) in [5.41, 5.74) is 7.30. The molecule has 5 nitrogen and oxygen atoms in total. The van der Waals surface area contributed by atoms with Gasteiger partial charge < -0.3 is 5.73 Å². The molecule has 0 amide bonds. The van der Waals surface area contributed by atoms with E-state index in [1.807, 2.05) is 12.1 Å². The summed E-state index contributed by atoms with van der Waals surface area (Å²) in [6, 6.07) is 10.4. The third-order valence-electron chi connectivity index (χ3n) is 2.87. The van der Waals surface area contributed by atoms with Gasteiger partial charge in [0.2, 0.25) is 10.0 Å². The van der Waals surface area contributed by atoms with Crippen LogP contribution in [0.1, 0.15) is 11.1 Å². The number of nitrogens with zero attached hydrogens (tertiary/aromatic N) is 1. The van der Waals surface area contributed by atoms with E-state index in [0.29, 0.717) is 19.5 Å². The number of sulfonamides is 1. The van der Waals surface area contributed by atoms with Crippen LogP contribution in [0.15, 0.2) is 53.7 Å². The maximum atomic E-state index is 12.1. The molecule has 106 valence electrons. The molecule has 0 fully saturated rings. The lowest BCUT2D eigenvalue weighted by molar-refractivity contribution is 0.581. The summed E-state index contributed by atoms with van der Waals surface area (Å²) in [4.78, 5) is 4.23. The van der Waals surface area contributed by atoms with Crippen LogP contribution in [0.2, 0.25) is 0 Å². The Bertz CT molecular complexity index is 657. The fourth-order valence-electron chi connectivity index (χ4n) is 1.80. The number of nitrogens with one attached hydrogen (secondary N) is 1. The second kappa shape index (κ2) is 6.60. The van der Waals surface area contributed by atoms with Crippen LogP contribution in [0.4, 0.5) is 0 Å². The number of hydrogen-bond donors (Lipinski definition) is 2. The molecule has 20 heavy (non-hydrogen) atoms. The molecule has 6 heteroatoms. The highest BCUT2D eigenvalue weighted by molar-refractivity contribution is 7.89. The largest absolute Gasteiger partial charge is 0.326 e. The predicted molar refractivity (Wildman–Crippen MR) is 77.5 cm³/mol. The van der Waals surface area contributed by atoms with Gasteiger partial charge in [0.1, 0.15) is 0 Å². The first-order chi connectivity index (χ1) is 9.62. The average Bonchev–Trinajstić information content (AvgIpc) is 2.48. The lowest BCUT2D eigenvalue weighted by Gasteiger charge is -2.08. The van der Waals surface area contributed by atoms with Gasteiger partial charge in [-0.25, -0.2) is 13.1 Å². The van der Waals surface area contributed by atoms with Crippen LogP contribution >= 0.6 is 0 Å². The van der Waals surface area contributed by atoms with Gasteiger partial charge >= 0.3 is 0 Å². The van der Waals surface area contributed by atoms with E-state index >= 15 is 0 Å². The molecule has 0 saturated heterocycles. The molecule has 3 N–H and O–H groups in total. The van der Waals surface area contributed by atoms with Gasteiger partial charge in [-0.3, -0.25) is 4.98 Å². The highest BCUT2D eigenvalue weighted by Crippen LogP contribution is 2.11. The van der Waals surface area contributed by atoms with Crippen molar-refractivity contribution >= 4 is 10.0 Å². The summed E-state index contributed by atoms with van der Waals surface area (Å²) in [5, 5.41) is 0. The van der Waals surface area contributed by atoms with Crippen molar-refractivity contribution in [1.82, 2.24) is 9.71 Å². The Kier molecular flexibility index (Phi) is 4.84. The molecule has 0 atom stereocenters. The predicted octanol–water partition coefficient (Wildman–Crippen LogP) is 1.06. The summed E-state index contributed by atoms with van der Waals surface area (Å²) in [6.45, 7) is 0.653. The monoisotopic (exact) mass is 291 g/mol. The minimum atomic E-state index is -3.49. The molecule has 1 aromatic carbocycles. The van der Waals surface area contributed by atoms with Gasteiger partial charge in [-0.2, -0.15) is 0 Å². The Labute approximate surface area is 118 Å². The van der Waals surface area contributed by atoms with Crippen LogP contribution in [0.5, 0.6) is 0 Å². The molecule has 0 aliphatic heterocycles. The Morgan fingerprint density at radius 1 is 1.15 bits per heavy atom. The first-order valence-corrected chi connectivity index (χ1v) is 7.78. The number of aromatic nitrogens is 1. The SMILES string of the molecule is NCc1cccc(S(=O)(=O)NCCc2cccnc2)c1. The molecule has 0 spiro atoms. The summed E-state index contributed by atoms with van der Waals surface area (Å²) in [7, 11) is -3.49. The van der Waals surface area contributed by atoms with E-state index in [-0.39, 0.29) is 4.90 Å². The molecular formula is C14H17N3O2S. The standard InChI is InChI=1S/C14H17N3O2S/c15-10-13-3-1-5-14(9-13)20(18,19)17-8-6-12-4-2-7-16-11-12/h1-5,7,9,11,17H,6,8,10,15H2. The molecule has 0 aliphatic carbocycles. The smallest absolute Gasteiger partial charge is 0.240 e. The quantitative estimate of drug-likeness (QED) is 0.833. The molecule has 0 unspecified atom stereocenters. The van der Waals surface area contributed by atoms with Crippen LogP contribution in [0.3, 0.4) is 0 Å². The molecule has 2 aromatic rings. The zero-order valence-electron chi connectivity index (χ0n) is 11.0. The van der Waals surface area contributed by atoms with E-state index < -0.39 is 10.0 Å². The molecule has 1 aromatic heterocycles. The third-order valence-corrected chi connectivity index (χ3v) is 4.33. The molecule has 2 rings (SSSR count). The summed E-state index contributed by atoms with van der Waals surface area (Å²) in [5.74, 6) is 0. The van der Waals surface area contributed by atoms with Crippen molar-refractivity contribution in [2.24, 2.45) is 5.73 Å². The first-order valence-electron chi connectivity index (χ1n) is 6.29. The second-order valence-corrected chi connectivity index (χ2v) is 6.13. The Balaban J connectivity index is 2.00. The highest BCUT2D eigenvalue weighted by Gasteiger charge is 2.13. The van der Waals surface area contributed by atoms with Crippen molar-refractivity contribution in [2.45, 2.75) is 17.9 Å². The van der Waals surface area contributed by atoms with Crippen molar-refractivity contribution in [3.63, 3.8) is 0 Å². The number of nitrogens with two attached hydrogens (primary N) is 1. The maximum absolute atomic E-state index is 12.1. The van der Waals surface area contributed by atoms with Gasteiger partial charge in [-0.05, 0) is 35.7 Å². The van der Waals surface area contributed by atoms with Crippen molar-refractivity contribution in [3.8, 4) is 0 Å². The van der Waals surface area contributed by atoms with Crippen molar-refractivity contribution in [3.05, 3.63) is 59.9 Å². The number of pyridine rings is 1. The van der Waals surface area contributed by atoms with Crippen LogP contribution in [-0.2, 0) is 23.0 Å². The second-order valence-electron chi connectivity index (χ2n) is 4.36. The van der Waals surface area contributed by atoms with Gasteiger partial charge in [0.15, 0.2) is 0 Å². The Morgan fingerprint density at radius 2 is 1.95 bits per heavy atom. The van der Waals surface area contributed by atoms with Crippen molar-refractivity contribution < 1.29 is 8.42 Å². The van der Waals surface area contributed by atoms with E-state index in [2.05, 4.69) is 9.71 Å². The van der Waals surface area contributed by atoms with Crippen LogP contribution in [0, 0.1) is 0 Å². The van der Waals surface area contributed by atoms with Gasteiger partial charge in [-0.1, -0.05) is 18.2 Å². The fourth-order valence-corrected chi connectivity index (χ4v) is 2.90. The van der Waals surface area contributed by atoms with Gasteiger partial charge in [-0.15, -0.1) is 0 Å².